The maximum absolute atomic E-state index is 11.9. The molecule has 1 aromatic heterocycles. The number of aromatic nitrogens is 1. The van der Waals surface area contributed by atoms with E-state index < -0.39 is 11.0 Å². The molecule has 0 unspecified atom stereocenters. The van der Waals surface area contributed by atoms with E-state index in [0.29, 0.717) is 22.9 Å². The highest BCUT2D eigenvalue weighted by molar-refractivity contribution is 5.97. The van der Waals surface area contributed by atoms with E-state index in [1.165, 1.54) is 6.07 Å². The van der Waals surface area contributed by atoms with Gasteiger partial charge in [0.2, 0.25) is 5.91 Å². The normalized spacial score (nSPS) is 11.3. The lowest BCUT2D eigenvalue weighted by Crippen LogP contribution is -2.27. The zero-order valence-electron chi connectivity index (χ0n) is 11.6. The van der Waals surface area contributed by atoms with Gasteiger partial charge in [-0.15, -0.1) is 0 Å². The molecule has 5 nitrogen and oxygen atoms in total. The van der Waals surface area contributed by atoms with Crippen LogP contribution in [0.25, 0.3) is 10.9 Å². The van der Waals surface area contributed by atoms with Gasteiger partial charge >= 0.3 is 0 Å². The molecule has 0 radical (unpaired) electrons. The molecule has 0 saturated carbocycles. The Balaban J connectivity index is 2.43. The minimum atomic E-state index is -0.492. The van der Waals surface area contributed by atoms with Crippen molar-refractivity contribution in [2.45, 2.75) is 20.8 Å². The molecule has 0 atom stereocenters. The summed E-state index contributed by atoms with van der Waals surface area (Å²) in [6.45, 7) is 5.47. The second kappa shape index (κ2) is 4.92. The van der Waals surface area contributed by atoms with E-state index in [1.807, 2.05) is 20.8 Å². The minimum absolute atomic E-state index is 0.0665. The van der Waals surface area contributed by atoms with Gasteiger partial charge in [0, 0.05) is 22.0 Å². The monoisotopic (exact) mass is 272 g/mol. The Kier molecular flexibility index (Phi) is 3.44. The van der Waals surface area contributed by atoms with Crippen molar-refractivity contribution in [2.75, 3.05) is 5.32 Å². The molecule has 104 valence electrons. The molecule has 1 aromatic carbocycles. The molecule has 0 aliphatic rings. The number of nitrogens with one attached hydrogen (secondary N) is 2. The Bertz CT molecular complexity index is 739. The SMILES string of the molecule is CC(C)(C)C(=O)Nc1ccc2[nH]c(=O)c(C=O)cc2c1. The van der Waals surface area contributed by atoms with Crippen molar-refractivity contribution in [3.8, 4) is 0 Å². The van der Waals surface area contributed by atoms with E-state index in [2.05, 4.69) is 10.3 Å². The molecule has 0 bridgehead atoms. The highest BCUT2D eigenvalue weighted by atomic mass is 16.2. The van der Waals surface area contributed by atoms with Gasteiger partial charge in [-0.3, -0.25) is 14.4 Å². The molecule has 5 heteroatoms. The molecular formula is C15H16N2O3. The number of hydrogen-bond donors (Lipinski definition) is 2. The van der Waals surface area contributed by atoms with E-state index in [0.717, 1.165) is 0 Å². The molecule has 0 fully saturated rings. The number of carbonyl (C=O) groups is 2. The van der Waals surface area contributed by atoms with Crippen molar-refractivity contribution in [3.63, 3.8) is 0 Å². The highest BCUT2D eigenvalue weighted by Gasteiger charge is 2.21. The van der Waals surface area contributed by atoms with Crippen molar-refractivity contribution >= 4 is 28.8 Å². The van der Waals surface area contributed by atoms with Crippen LogP contribution >= 0.6 is 0 Å². The van der Waals surface area contributed by atoms with Gasteiger partial charge in [0.15, 0.2) is 6.29 Å². The Labute approximate surface area is 116 Å². The second-order valence-electron chi connectivity index (χ2n) is 5.68. The van der Waals surface area contributed by atoms with E-state index in [1.54, 1.807) is 18.2 Å². The standard InChI is InChI=1S/C15H16N2O3/c1-15(2,3)14(20)16-11-4-5-12-9(7-11)6-10(8-18)13(19)17-12/h4-8H,1-3H3,(H,16,20)(H,17,19). The zero-order chi connectivity index (χ0) is 14.9. The van der Waals surface area contributed by atoms with E-state index >= 15 is 0 Å². The lowest BCUT2D eigenvalue weighted by Gasteiger charge is -2.17. The van der Waals surface area contributed by atoms with Crippen LogP contribution < -0.4 is 10.9 Å². The first-order valence-electron chi connectivity index (χ1n) is 6.25. The Morgan fingerprint density at radius 2 is 1.95 bits per heavy atom. The summed E-state index contributed by atoms with van der Waals surface area (Å²) in [5, 5.41) is 3.50. The molecule has 0 aliphatic carbocycles. The van der Waals surface area contributed by atoms with Gasteiger partial charge in [0.25, 0.3) is 5.56 Å². The van der Waals surface area contributed by atoms with Crippen LogP contribution in [0.1, 0.15) is 31.1 Å². The lowest BCUT2D eigenvalue weighted by atomic mass is 9.95. The molecule has 1 amide bonds. The first-order chi connectivity index (χ1) is 9.31. The summed E-state index contributed by atoms with van der Waals surface area (Å²) in [6.07, 6.45) is 0.513. The summed E-state index contributed by atoms with van der Waals surface area (Å²) in [6, 6.07) is 6.64. The Hall–Kier alpha value is -2.43. The second-order valence-corrected chi connectivity index (χ2v) is 5.68. The van der Waals surface area contributed by atoms with Gasteiger partial charge in [-0.2, -0.15) is 0 Å². The van der Waals surface area contributed by atoms with Crippen molar-refractivity contribution in [3.05, 3.63) is 40.2 Å². The number of anilines is 1. The van der Waals surface area contributed by atoms with Crippen LogP contribution in [0, 0.1) is 5.41 Å². The van der Waals surface area contributed by atoms with Gasteiger partial charge in [0.05, 0.1) is 5.56 Å². The highest BCUT2D eigenvalue weighted by Crippen LogP contribution is 2.20. The fraction of sp³-hybridized carbons (Fsp3) is 0.267. The summed E-state index contributed by atoms with van der Waals surface area (Å²) in [5.41, 5.74) is 0.403. The summed E-state index contributed by atoms with van der Waals surface area (Å²) in [5.74, 6) is -0.100. The predicted molar refractivity (Wildman–Crippen MR) is 78.0 cm³/mol. The van der Waals surface area contributed by atoms with Gasteiger partial charge in [-0.1, -0.05) is 20.8 Å². The topological polar surface area (TPSA) is 79.0 Å². The third-order valence-corrected chi connectivity index (χ3v) is 2.94. The molecule has 2 rings (SSSR count). The van der Waals surface area contributed by atoms with Crippen LogP contribution in [-0.2, 0) is 4.79 Å². The van der Waals surface area contributed by atoms with Crippen LogP contribution in [0.3, 0.4) is 0 Å². The number of amides is 1. The number of carbonyl (C=O) groups excluding carboxylic acids is 2. The number of hydrogen-bond acceptors (Lipinski definition) is 3. The number of benzene rings is 1. The number of H-pyrrole nitrogens is 1. The van der Waals surface area contributed by atoms with Crippen molar-refractivity contribution < 1.29 is 9.59 Å². The number of aromatic amines is 1. The fourth-order valence-electron chi connectivity index (χ4n) is 1.71. The maximum atomic E-state index is 11.9. The summed E-state index contributed by atoms with van der Waals surface area (Å²) < 4.78 is 0. The van der Waals surface area contributed by atoms with Crippen LogP contribution in [-0.4, -0.2) is 17.2 Å². The van der Waals surface area contributed by atoms with Crippen LogP contribution in [0.5, 0.6) is 0 Å². The summed E-state index contributed by atoms with van der Waals surface area (Å²) >= 11 is 0. The van der Waals surface area contributed by atoms with Crippen molar-refractivity contribution in [1.82, 2.24) is 4.98 Å². The molecule has 0 saturated heterocycles. The third-order valence-electron chi connectivity index (χ3n) is 2.94. The summed E-state index contributed by atoms with van der Waals surface area (Å²) in [4.78, 5) is 36.8. The van der Waals surface area contributed by atoms with Crippen LogP contribution in [0.2, 0.25) is 0 Å². The lowest BCUT2D eigenvalue weighted by molar-refractivity contribution is -0.123. The van der Waals surface area contributed by atoms with Gasteiger partial charge in [0.1, 0.15) is 0 Å². The molecule has 2 aromatic rings. The molecule has 0 spiro atoms. The van der Waals surface area contributed by atoms with Gasteiger partial charge < -0.3 is 10.3 Å². The number of pyridine rings is 1. The third kappa shape index (κ3) is 2.77. The number of aldehydes is 1. The number of rotatable bonds is 2. The molecule has 1 heterocycles. The average Bonchev–Trinajstić information content (AvgIpc) is 2.37. The Morgan fingerprint density at radius 1 is 1.25 bits per heavy atom. The van der Waals surface area contributed by atoms with Crippen molar-refractivity contribution in [2.24, 2.45) is 5.41 Å². The summed E-state index contributed by atoms with van der Waals surface area (Å²) in [7, 11) is 0. The molecular weight excluding hydrogens is 256 g/mol. The van der Waals surface area contributed by atoms with Gasteiger partial charge in [-0.25, -0.2) is 0 Å². The molecule has 2 N–H and O–H groups in total. The maximum Gasteiger partial charge on any atom is 0.259 e. The quantitative estimate of drug-likeness (QED) is 0.823. The first-order valence-corrected chi connectivity index (χ1v) is 6.25. The van der Waals surface area contributed by atoms with Crippen LogP contribution in [0.15, 0.2) is 29.1 Å². The van der Waals surface area contributed by atoms with Crippen molar-refractivity contribution in [1.29, 1.82) is 0 Å². The van der Waals surface area contributed by atoms with E-state index in [-0.39, 0.29) is 11.5 Å². The van der Waals surface area contributed by atoms with E-state index in [9.17, 15) is 14.4 Å². The van der Waals surface area contributed by atoms with Crippen LogP contribution in [0.4, 0.5) is 5.69 Å². The first kappa shape index (κ1) is 14.0. The molecule has 0 aliphatic heterocycles. The zero-order valence-corrected chi connectivity index (χ0v) is 11.6. The Morgan fingerprint density at radius 3 is 2.55 bits per heavy atom. The minimum Gasteiger partial charge on any atom is -0.326 e. The smallest absolute Gasteiger partial charge is 0.259 e. The fourth-order valence-corrected chi connectivity index (χ4v) is 1.71. The number of fused-ring (bicyclic) bond motifs is 1. The van der Waals surface area contributed by atoms with E-state index in [4.69, 9.17) is 0 Å². The van der Waals surface area contributed by atoms with Gasteiger partial charge in [-0.05, 0) is 24.3 Å². The molecule has 20 heavy (non-hydrogen) atoms. The largest absolute Gasteiger partial charge is 0.326 e. The predicted octanol–water partition coefficient (Wildman–Crippen LogP) is 2.33. The average molecular weight is 272 g/mol.